The fraction of sp³-hybridized carbons (Fsp3) is 0.214. The minimum atomic E-state index is -0.404. The van der Waals surface area contributed by atoms with Crippen molar-refractivity contribution in [1.82, 2.24) is 9.78 Å². The number of hydrogen-bond acceptors (Lipinski definition) is 4. The number of carbonyl (C=O) groups excluding carboxylic acids is 2. The van der Waals surface area contributed by atoms with Crippen LogP contribution in [0.25, 0.3) is 5.69 Å². The van der Waals surface area contributed by atoms with E-state index in [2.05, 4.69) is 21.0 Å². The summed E-state index contributed by atoms with van der Waals surface area (Å²) in [6.45, 7) is 3.58. The van der Waals surface area contributed by atoms with Crippen LogP contribution in [0.1, 0.15) is 34.6 Å². The first-order valence-corrected chi connectivity index (χ1v) is 6.85. The van der Waals surface area contributed by atoms with Crippen LogP contribution in [0.2, 0.25) is 0 Å². The van der Waals surface area contributed by atoms with Crippen LogP contribution in [-0.4, -0.2) is 28.1 Å². The molecule has 104 valence electrons. The van der Waals surface area contributed by atoms with Crippen LogP contribution in [0.3, 0.4) is 0 Å². The van der Waals surface area contributed by atoms with E-state index < -0.39 is 5.97 Å². The van der Waals surface area contributed by atoms with Crippen LogP contribution in [0.15, 0.2) is 35.1 Å². The van der Waals surface area contributed by atoms with Crippen molar-refractivity contribution in [2.45, 2.75) is 13.8 Å². The van der Waals surface area contributed by atoms with E-state index in [0.29, 0.717) is 22.2 Å². The number of nitrogens with zero attached hydrogens (tertiary/aromatic N) is 2. The smallest absolute Gasteiger partial charge is 0.341 e. The van der Waals surface area contributed by atoms with Gasteiger partial charge in [0.05, 0.1) is 24.1 Å². The zero-order valence-electron chi connectivity index (χ0n) is 11.1. The van der Waals surface area contributed by atoms with Gasteiger partial charge in [0, 0.05) is 16.2 Å². The lowest BCUT2D eigenvalue weighted by atomic mass is 10.1. The molecule has 0 atom stereocenters. The summed E-state index contributed by atoms with van der Waals surface area (Å²) in [6, 6.07) is 5.26. The maximum Gasteiger partial charge on any atom is 0.341 e. The zero-order valence-corrected chi connectivity index (χ0v) is 12.7. The molecule has 0 saturated carbocycles. The average molecular weight is 337 g/mol. The van der Waals surface area contributed by atoms with Crippen molar-refractivity contribution in [3.05, 3.63) is 46.2 Å². The summed E-state index contributed by atoms with van der Waals surface area (Å²) in [5.41, 5.74) is 1.74. The maximum atomic E-state index is 11.6. The normalized spacial score (nSPS) is 10.3. The molecule has 2 aromatic rings. The molecule has 0 unspecified atom stereocenters. The molecule has 0 aliphatic carbocycles. The van der Waals surface area contributed by atoms with Gasteiger partial charge in [0.2, 0.25) is 0 Å². The fourth-order valence-electron chi connectivity index (χ4n) is 1.72. The molecule has 20 heavy (non-hydrogen) atoms. The highest BCUT2D eigenvalue weighted by Gasteiger charge is 2.11. The minimum absolute atomic E-state index is 0.0175. The lowest BCUT2D eigenvalue weighted by molar-refractivity contribution is 0.0526. The summed E-state index contributed by atoms with van der Waals surface area (Å²) in [5.74, 6) is -0.422. The molecule has 0 N–H and O–H groups in total. The van der Waals surface area contributed by atoms with Crippen LogP contribution in [-0.2, 0) is 4.74 Å². The van der Waals surface area contributed by atoms with Gasteiger partial charge in [0.15, 0.2) is 5.78 Å². The molecule has 2 rings (SSSR count). The van der Waals surface area contributed by atoms with Crippen molar-refractivity contribution >= 4 is 27.7 Å². The quantitative estimate of drug-likeness (QED) is 0.636. The Morgan fingerprint density at radius 1 is 1.40 bits per heavy atom. The molecule has 6 heteroatoms. The number of esters is 1. The monoisotopic (exact) mass is 336 g/mol. The second-order valence-corrected chi connectivity index (χ2v) is 4.97. The van der Waals surface area contributed by atoms with Crippen molar-refractivity contribution in [1.29, 1.82) is 0 Å². The van der Waals surface area contributed by atoms with E-state index in [0.717, 1.165) is 5.69 Å². The first-order chi connectivity index (χ1) is 9.52. The first kappa shape index (κ1) is 14.5. The number of benzene rings is 1. The number of aromatic nitrogens is 2. The molecule has 0 saturated heterocycles. The molecule has 1 aromatic carbocycles. The Bertz CT molecular complexity index is 664. The lowest BCUT2D eigenvalue weighted by Crippen LogP contribution is -2.03. The maximum absolute atomic E-state index is 11.6. The molecule has 5 nitrogen and oxygen atoms in total. The van der Waals surface area contributed by atoms with Gasteiger partial charge in [-0.05, 0) is 48.0 Å². The summed E-state index contributed by atoms with van der Waals surface area (Å²) >= 11 is 3.35. The lowest BCUT2D eigenvalue weighted by Gasteiger charge is -2.05. The Morgan fingerprint density at radius 2 is 2.15 bits per heavy atom. The van der Waals surface area contributed by atoms with Gasteiger partial charge in [-0.3, -0.25) is 4.79 Å². The van der Waals surface area contributed by atoms with Crippen LogP contribution < -0.4 is 0 Å². The predicted octanol–water partition coefficient (Wildman–Crippen LogP) is 3.01. The van der Waals surface area contributed by atoms with Gasteiger partial charge in [-0.15, -0.1) is 0 Å². The predicted molar refractivity (Wildman–Crippen MR) is 77.2 cm³/mol. The van der Waals surface area contributed by atoms with E-state index in [9.17, 15) is 9.59 Å². The number of rotatable bonds is 4. The van der Waals surface area contributed by atoms with Gasteiger partial charge in [-0.2, -0.15) is 5.10 Å². The molecule has 1 heterocycles. The van der Waals surface area contributed by atoms with Crippen molar-refractivity contribution in [2.75, 3.05) is 6.61 Å². The molecule has 0 aliphatic rings. The second kappa shape index (κ2) is 6.00. The van der Waals surface area contributed by atoms with E-state index in [-0.39, 0.29) is 5.78 Å². The minimum Gasteiger partial charge on any atom is -0.462 e. The standard InChI is InChI=1S/C14H13BrN2O3/c1-3-20-14(19)10-7-16-17(8-10)11-4-5-12(9(2)18)13(15)6-11/h4-8H,3H2,1-2H3. The molecule has 0 spiro atoms. The highest BCUT2D eigenvalue weighted by molar-refractivity contribution is 9.10. The molecule has 0 bridgehead atoms. The van der Waals surface area contributed by atoms with E-state index in [1.807, 2.05) is 0 Å². The number of carbonyl (C=O) groups is 2. The van der Waals surface area contributed by atoms with Gasteiger partial charge in [-0.25, -0.2) is 9.48 Å². The Morgan fingerprint density at radius 3 is 2.75 bits per heavy atom. The summed E-state index contributed by atoms with van der Waals surface area (Å²) in [6.07, 6.45) is 3.04. The van der Waals surface area contributed by atoms with E-state index in [1.165, 1.54) is 13.1 Å². The fourth-order valence-corrected chi connectivity index (χ4v) is 2.36. The zero-order chi connectivity index (χ0) is 14.7. The number of Topliss-reactive ketones (excluding diaryl/α,β-unsaturated/α-hetero) is 1. The van der Waals surface area contributed by atoms with Crippen LogP contribution in [0.5, 0.6) is 0 Å². The van der Waals surface area contributed by atoms with Crippen LogP contribution >= 0.6 is 15.9 Å². The summed E-state index contributed by atoms with van der Waals surface area (Å²) in [4.78, 5) is 22.9. The molecular weight excluding hydrogens is 324 g/mol. The van der Waals surface area contributed by atoms with Crippen molar-refractivity contribution < 1.29 is 14.3 Å². The Balaban J connectivity index is 2.31. The third kappa shape index (κ3) is 2.96. The summed E-state index contributed by atoms with van der Waals surface area (Å²) in [5, 5.41) is 4.12. The van der Waals surface area contributed by atoms with E-state index in [4.69, 9.17) is 4.74 Å². The number of halogens is 1. The van der Waals surface area contributed by atoms with E-state index in [1.54, 1.807) is 36.0 Å². The SMILES string of the molecule is CCOC(=O)c1cnn(-c2ccc(C(C)=O)c(Br)c2)c1. The molecule has 0 fully saturated rings. The van der Waals surface area contributed by atoms with Crippen molar-refractivity contribution in [3.8, 4) is 5.69 Å². The van der Waals surface area contributed by atoms with E-state index >= 15 is 0 Å². The van der Waals surface area contributed by atoms with Gasteiger partial charge in [-0.1, -0.05) is 0 Å². The third-order valence-electron chi connectivity index (χ3n) is 2.69. The van der Waals surface area contributed by atoms with Gasteiger partial charge in [0.25, 0.3) is 0 Å². The number of ether oxygens (including phenoxy) is 1. The molecule has 0 radical (unpaired) electrons. The largest absolute Gasteiger partial charge is 0.462 e. The van der Waals surface area contributed by atoms with Gasteiger partial charge in [0.1, 0.15) is 0 Å². The summed E-state index contributed by atoms with van der Waals surface area (Å²) < 4.78 is 7.15. The molecule has 0 aliphatic heterocycles. The Hall–Kier alpha value is -1.95. The highest BCUT2D eigenvalue weighted by atomic mass is 79.9. The molecule has 0 amide bonds. The number of ketones is 1. The number of hydrogen-bond donors (Lipinski definition) is 0. The Kier molecular flexibility index (Phi) is 4.34. The average Bonchev–Trinajstić information content (AvgIpc) is 2.88. The molecular formula is C14H13BrN2O3. The first-order valence-electron chi connectivity index (χ1n) is 6.05. The van der Waals surface area contributed by atoms with Crippen molar-refractivity contribution in [2.24, 2.45) is 0 Å². The van der Waals surface area contributed by atoms with Crippen molar-refractivity contribution in [3.63, 3.8) is 0 Å². The third-order valence-corrected chi connectivity index (χ3v) is 3.35. The second-order valence-electron chi connectivity index (χ2n) is 4.11. The Labute approximate surface area is 124 Å². The van der Waals surface area contributed by atoms with Gasteiger partial charge < -0.3 is 4.74 Å². The van der Waals surface area contributed by atoms with Gasteiger partial charge >= 0.3 is 5.97 Å². The molecule has 1 aromatic heterocycles. The topological polar surface area (TPSA) is 61.2 Å². The van der Waals surface area contributed by atoms with Crippen LogP contribution in [0, 0.1) is 0 Å². The summed E-state index contributed by atoms with van der Waals surface area (Å²) in [7, 11) is 0. The van der Waals surface area contributed by atoms with Crippen LogP contribution in [0.4, 0.5) is 0 Å². The highest BCUT2D eigenvalue weighted by Crippen LogP contribution is 2.21.